The molecule has 1 heterocycles. The highest BCUT2D eigenvalue weighted by Gasteiger charge is 2.14. The minimum atomic E-state index is 0.203. The highest BCUT2D eigenvalue weighted by Crippen LogP contribution is 2.09. The highest BCUT2D eigenvalue weighted by molar-refractivity contribution is 5.78. The maximum Gasteiger partial charge on any atom is 0.226 e. The van der Waals surface area contributed by atoms with Gasteiger partial charge in [-0.25, -0.2) is 0 Å². The van der Waals surface area contributed by atoms with Crippen molar-refractivity contribution in [1.82, 2.24) is 15.1 Å². The van der Waals surface area contributed by atoms with Gasteiger partial charge in [0, 0.05) is 46.3 Å². The van der Waals surface area contributed by atoms with Crippen molar-refractivity contribution in [2.75, 3.05) is 46.3 Å². The third-order valence-electron chi connectivity index (χ3n) is 3.99. The van der Waals surface area contributed by atoms with E-state index in [1.165, 1.54) is 5.56 Å². The standard InChI is InChI=1S/C16H25N3O/c1-14-5-3-4-6-15(14)13-16(20)18(2)11-12-19-9-7-17-8-10-19/h3-6,17H,7-13H2,1-2H3. The first-order chi connectivity index (χ1) is 9.66. The molecule has 0 atom stereocenters. The van der Waals surface area contributed by atoms with E-state index < -0.39 is 0 Å². The van der Waals surface area contributed by atoms with Crippen molar-refractivity contribution in [3.8, 4) is 0 Å². The molecule has 0 unspecified atom stereocenters. The first-order valence-electron chi connectivity index (χ1n) is 7.38. The first-order valence-corrected chi connectivity index (χ1v) is 7.38. The summed E-state index contributed by atoms with van der Waals surface area (Å²) in [7, 11) is 1.91. The van der Waals surface area contributed by atoms with E-state index in [0.29, 0.717) is 6.42 Å². The molecular formula is C16H25N3O. The van der Waals surface area contributed by atoms with Gasteiger partial charge in [0.25, 0.3) is 0 Å². The van der Waals surface area contributed by atoms with Crippen molar-refractivity contribution in [2.24, 2.45) is 0 Å². The summed E-state index contributed by atoms with van der Waals surface area (Å²) in [4.78, 5) is 16.5. The number of piperazine rings is 1. The average molecular weight is 275 g/mol. The lowest BCUT2D eigenvalue weighted by atomic mass is 10.1. The van der Waals surface area contributed by atoms with Crippen LogP contribution in [0.5, 0.6) is 0 Å². The Morgan fingerprint density at radius 2 is 2.00 bits per heavy atom. The Kier molecular flexibility index (Phi) is 5.56. The second-order valence-corrected chi connectivity index (χ2v) is 5.51. The molecule has 1 amide bonds. The summed E-state index contributed by atoms with van der Waals surface area (Å²) >= 11 is 0. The van der Waals surface area contributed by atoms with Crippen molar-refractivity contribution in [1.29, 1.82) is 0 Å². The molecule has 4 heteroatoms. The quantitative estimate of drug-likeness (QED) is 0.867. The van der Waals surface area contributed by atoms with Crippen LogP contribution in [0.15, 0.2) is 24.3 Å². The maximum absolute atomic E-state index is 12.2. The van der Waals surface area contributed by atoms with Crippen LogP contribution < -0.4 is 5.32 Å². The predicted octanol–water partition coefficient (Wildman–Crippen LogP) is 0.901. The maximum atomic E-state index is 12.2. The number of amides is 1. The summed E-state index contributed by atoms with van der Waals surface area (Å²) in [6, 6.07) is 8.11. The van der Waals surface area contributed by atoms with Crippen molar-refractivity contribution in [3.63, 3.8) is 0 Å². The average Bonchev–Trinajstić information content (AvgIpc) is 2.48. The topological polar surface area (TPSA) is 35.6 Å². The van der Waals surface area contributed by atoms with Gasteiger partial charge in [-0.1, -0.05) is 24.3 Å². The lowest BCUT2D eigenvalue weighted by Crippen LogP contribution is -2.46. The number of likely N-dealkylation sites (N-methyl/N-ethyl adjacent to an activating group) is 1. The lowest BCUT2D eigenvalue weighted by Gasteiger charge is -2.29. The molecule has 0 radical (unpaired) electrons. The summed E-state index contributed by atoms with van der Waals surface area (Å²) in [6.07, 6.45) is 0.505. The summed E-state index contributed by atoms with van der Waals surface area (Å²) in [5.41, 5.74) is 2.32. The zero-order chi connectivity index (χ0) is 14.4. The lowest BCUT2D eigenvalue weighted by molar-refractivity contribution is -0.129. The fourth-order valence-electron chi connectivity index (χ4n) is 2.46. The summed E-state index contributed by atoms with van der Waals surface area (Å²) in [5, 5.41) is 3.34. The van der Waals surface area contributed by atoms with Gasteiger partial charge in [0.15, 0.2) is 0 Å². The zero-order valence-corrected chi connectivity index (χ0v) is 12.6. The Morgan fingerprint density at radius 1 is 1.30 bits per heavy atom. The van der Waals surface area contributed by atoms with Gasteiger partial charge in [0.2, 0.25) is 5.91 Å². The van der Waals surface area contributed by atoms with Gasteiger partial charge in [-0.2, -0.15) is 0 Å². The highest BCUT2D eigenvalue weighted by atomic mass is 16.2. The molecule has 0 spiro atoms. The molecule has 110 valence electrons. The summed E-state index contributed by atoms with van der Waals surface area (Å²) in [6.45, 7) is 8.12. The second kappa shape index (κ2) is 7.41. The molecule has 0 aliphatic carbocycles. The minimum Gasteiger partial charge on any atom is -0.344 e. The molecule has 1 saturated heterocycles. The van der Waals surface area contributed by atoms with Crippen molar-refractivity contribution >= 4 is 5.91 Å². The molecule has 1 aliphatic rings. The van der Waals surface area contributed by atoms with Crippen LogP contribution in [0.2, 0.25) is 0 Å². The number of nitrogens with one attached hydrogen (secondary N) is 1. The van der Waals surface area contributed by atoms with E-state index in [9.17, 15) is 4.79 Å². The number of carbonyl (C=O) groups excluding carboxylic acids is 1. The number of hydrogen-bond acceptors (Lipinski definition) is 3. The smallest absolute Gasteiger partial charge is 0.226 e. The van der Waals surface area contributed by atoms with Gasteiger partial charge in [-0.15, -0.1) is 0 Å². The van der Waals surface area contributed by atoms with E-state index in [4.69, 9.17) is 0 Å². The van der Waals surface area contributed by atoms with Gasteiger partial charge in [-0.05, 0) is 18.1 Å². The van der Waals surface area contributed by atoms with E-state index in [1.807, 2.05) is 30.1 Å². The van der Waals surface area contributed by atoms with Crippen LogP contribution in [-0.2, 0) is 11.2 Å². The Hall–Kier alpha value is -1.39. The van der Waals surface area contributed by atoms with Gasteiger partial charge >= 0.3 is 0 Å². The number of carbonyl (C=O) groups is 1. The molecule has 1 aromatic carbocycles. The third-order valence-corrected chi connectivity index (χ3v) is 3.99. The van der Waals surface area contributed by atoms with E-state index in [1.54, 1.807) is 0 Å². The van der Waals surface area contributed by atoms with Crippen molar-refractivity contribution < 1.29 is 4.79 Å². The molecular weight excluding hydrogens is 250 g/mol. The van der Waals surface area contributed by atoms with Gasteiger partial charge in [0.05, 0.1) is 6.42 Å². The van der Waals surface area contributed by atoms with E-state index in [2.05, 4.69) is 23.2 Å². The first kappa shape index (κ1) is 15.0. The van der Waals surface area contributed by atoms with E-state index >= 15 is 0 Å². The van der Waals surface area contributed by atoms with Crippen molar-refractivity contribution in [2.45, 2.75) is 13.3 Å². The molecule has 1 N–H and O–H groups in total. The number of benzene rings is 1. The third kappa shape index (κ3) is 4.32. The largest absolute Gasteiger partial charge is 0.344 e. The number of rotatable bonds is 5. The monoisotopic (exact) mass is 275 g/mol. The van der Waals surface area contributed by atoms with E-state index in [0.717, 1.165) is 44.8 Å². The SMILES string of the molecule is Cc1ccccc1CC(=O)N(C)CCN1CCNCC1. The fraction of sp³-hybridized carbons (Fsp3) is 0.562. The number of nitrogens with zero attached hydrogens (tertiary/aromatic N) is 2. The summed E-state index contributed by atoms with van der Waals surface area (Å²) < 4.78 is 0. The minimum absolute atomic E-state index is 0.203. The van der Waals surface area contributed by atoms with Crippen LogP contribution in [0.25, 0.3) is 0 Å². The van der Waals surface area contributed by atoms with Gasteiger partial charge < -0.3 is 10.2 Å². The Balaban J connectivity index is 1.78. The zero-order valence-electron chi connectivity index (χ0n) is 12.6. The Morgan fingerprint density at radius 3 is 2.70 bits per heavy atom. The Labute approximate surface area is 121 Å². The molecule has 1 aromatic rings. The van der Waals surface area contributed by atoms with Crippen LogP contribution >= 0.6 is 0 Å². The summed E-state index contributed by atoms with van der Waals surface area (Å²) in [5.74, 6) is 0.203. The Bertz CT molecular complexity index is 441. The fourth-order valence-corrected chi connectivity index (χ4v) is 2.46. The van der Waals surface area contributed by atoms with Gasteiger partial charge in [-0.3, -0.25) is 9.69 Å². The van der Waals surface area contributed by atoms with Crippen LogP contribution in [0, 0.1) is 6.92 Å². The van der Waals surface area contributed by atoms with Gasteiger partial charge in [0.1, 0.15) is 0 Å². The van der Waals surface area contributed by atoms with Crippen LogP contribution in [0.1, 0.15) is 11.1 Å². The van der Waals surface area contributed by atoms with Crippen LogP contribution in [-0.4, -0.2) is 62.0 Å². The molecule has 0 bridgehead atoms. The second-order valence-electron chi connectivity index (χ2n) is 5.51. The molecule has 20 heavy (non-hydrogen) atoms. The number of aryl methyl sites for hydroxylation is 1. The molecule has 0 saturated carbocycles. The molecule has 1 fully saturated rings. The van der Waals surface area contributed by atoms with Crippen molar-refractivity contribution in [3.05, 3.63) is 35.4 Å². The predicted molar refractivity (Wildman–Crippen MR) is 81.8 cm³/mol. The number of hydrogen-bond donors (Lipinski definition) is 1. The molecule has 2 rings (SSSR count). The molecule has 0 aromatic heterocycles. The van der Waals surface area contributed by atoms with Crippen LogP contribution in [0.4, 0.5) is 0 Å². The molecule has 4 nitrogen and oxygen atoms in total. The molecule has 1 aliphatic heterocycles. The van der Waals surface area contributed by atoms with E-state index in [-0.39, 0.29) is 5.91 Å². The normalized spacial score (nSPS) is 16.1. The van der Waals surface area contributed by atoms with Crippen LogP contribution in [0.3, 0.4) is 0 Å².